The van der Waals surface area contributed by atoms with E-state index in [0.29, 0.717) is 6.42 Å². The van der Waals surface area contributed by atoms with E-state index in [1.165, 1.54) is 0 Å². The molecule has 1 aromatic rings. The van der Waals surface area contributed by atoms with Crippen molar-refractivity contribution in [2.75, 3.05) is 6.54 Å². The third-order valence-corrected chi connectivity index (χ3v) is 4.45. The number of allylic oxidation sites excluding steroid dienone is 1. The lowest BCUT2D eigenvalue weighted by atomic mass is 10.1. The maximum absolute atomic E-state index is 12.1. The van der Waals surface area contributed by atoms with Crippen LogP contribution in [0.15, 0.2) is 43.0 Å². The summed E-state index contributed by atoms with van der Waals surface area (Å²) in [5.74, 6) is -1.11. The van der Waals surface area contributed by atoms with Crippen molar-refractivity contribution in [3.63, 3.8) is 0 Å². The summed E-state index contributed by atoms with van der Waals surface area (Å²) in [4.78, 5) is 35.3. The highest BCUT2D eigenvalue weighted by Crippen LogP contribution is 2.08. The number of hydrogen-bond donors (Lipinski definition) is 4. The number of hydrogen-bond acceptors (Lipinski definition) is 5. The fraction of sp³-hybridized carbons (Fsp3) is 0.500. The van der Waals surface area contributed by atoms with Crippen molar-refractivity contribution in [2.45, 2.75) is 63.7 Å². The average molecular weight is 420 g/mol. The maximum atomic E-state index is 12.1. The molecular formula is C22H33N3O5. The molecule has 1 rings (SSSR count). The van der Waals surface area contributed by atoms with Crippen LogP contribution in [0, 0.1) is 0 Å². The van der Waals surface area contributed by atoms with Crippen LogP contribution in [0.25, 0.3) is 0 Å². The number of carbonyl (C=O) groups excluding carboxylic acids is 3. The van der Waals surface area contributed by atoms with E-state index in [0.717, 1.165) is 37.7 Å². The van der Waals surface area contributed by atoms with Crippen molar-refractivity contribution >= 4 is 17.9 Å². The second kappa shape index (κ2) is 15.0. The van der Waals surface area contributed by atoms with Gasteiger partial charge in [0.1, 0.15) is 12.6 Å². The molecule has 0 aromatic heterocycles. The minimum atomic E-state index is -1.11. The summed E-state index contributed by atoms with van der Waals surface area (Å²) in [5.41, 5.74) is 6.19. The highest BCUT2D eigenvalue weighted by Gasteiger charge is 2.20. The smallest absolute Gasteiger partial charge is 0.407 e. The number of alkyl carbamates (subject to hydrolysis) is 1. The monoisotopic (exact) mass is 419 g/mol. The minimum Gasteiger partial charge on any atom is -0.445 e. The summed E-state index contributed by atoms with van der Waals surface area (Å²) in [6.07, 6.45) is 4.99. The van der Waals surface area contributed by atoms with Crippen LogP contribution in [-0.2, 0) is 20.9 Å². The zero-order valence-electron chi connectivity index (χ0n) is 17.3. The van der Waals surface area contributed by atoms with Crippen molar-refractivity contribution in [3.05, 3.63) is 48.6 Å². The molecule has 0 aliphatic carbocycles. The third kappa shape index (κ3) is 11.9. The Morgan fingerprint density at radius 1 is 1.13 bits per heavy atom. The average Bonchev–Trinajstić information content (AvgIpc) is 2.72. The Kier molecular flexibility index (Phi) is 12.6. The van der Waals surface area contributed by atoms with E-state index in [1.54, 1.807) is 0 Å². The maximum Gasteiger partial charge on any atom is 0.407 e. The first kappa shape index (κ1) is 25.2. The predicted molar refractivity (Wildman–Crippen MR) is 114 cm³/mol. The Hall–Kier alpha value is -2.87. The number of aliphatic hydroxyl groups is 1. The molecule has 166 valence electrons. The molecule has 1 aromatic carbocycles. The lowest BCUT2D eigenvalue weighted by Crippen LogP contribution is -2.46. The molecule has 0 unspecified atom stereocenters. The number of unbranched alkanes of at least 4 members (excludes halogenated alkanes) is 4. The van der Waals surface area contributed by atoms with Gasteiger partial charge in [-0.05, 0) is 24.8 Å². The lowest BCUT2D eigenvalue weighted by Gasteiger charge is -2.17. The van der Waals surface area contributed by atoms with Gasteiger partial charge in [-0.25, -0.2) is 4.79 Å². The minimum absolute atomic E-state index is 0.108. The second-order valence-corrected chi connectivity index (χ2v) is 7.10. The molecule has 8 nitrogen and oxygen atoms in total. The predicted octanol–water partition coefficient (Wildman–Crippen LogP) is 2.16. The zero-order chi connectivity index (χ0) is 22.2. The molecule has 8 heteroatoms. The van der Waals surface area contributed by atoms with Crippen molar-refractivity contribution in [3.8, 4) is 0 Å². The molecule has 0 spiro atoms. The van der Waals surface area contributed by atoms with Gasteiger partial charge in [-0.1, -0.05) is 55.7 Å². The fourth-order valence-corrected chi connectivity index (χ4v) is 2.79. The molecule has 30 heavy (non-hydrogen) atoms. The van der Waals surface area contributed by atoms with Gasteiger partial charge in [-0.3, -0.25) is 9.59 Å². The number of benzene rings is 1. The number of nitrogens with one attached hydrogen (secondary N) is 2. The quantitative estimate of drug-likeness (QED) is 0.256. The Morgan fingerprint density at radius 2 is 1.83 bits per heavy atom. The van der Waals surface area contributed by atoms with Gasteiger partial charge < -0.3 is 26.2 Å². The number of carbonyl (C=O) groups is 3. The third-order valence-electron chi connectivity index (χ3n) is 4.45. The summed E-state index contributed by atoms with van der Waals surface area (Å²) >= 11 is 0. The van der Waals surface area contributed by atoms with Gasteiger partial charge in [0.25, 0.3) is 0 Å². The SMILES string of the molecule is C=CCCCCCC[C@H](NC(=O)C[C@@H](O)CNC(=O)OCc1ccccc1)C(N)=O. The molecule has 0 bridgehead atoms. The van der Waals surface area contributed by atoms with Crippen LogP contribution in [0.1, 0.15) is 50.5 Å². The molecule has 0 saturated heterocycles. The van der Waals surface area contributed by atoms with Gasteiger partial charge in [-0.15, -0.1) is 6.58 Å². The van der Waals surface area contributed by atoms with Crippen LogP contribution in [-0.4, -0.2) is 41.7 Å². The number of rotatable bonds is 15. The highest BCUT2D eigenvalue weighted by molar-refractivity contribution is 5.86. The Balaban J connectivity index is 2.24. The van der Waals surface area contributed by atoms with Crippen molar-refractivity contribution in [2.24, 2.45) is 5.73 Å². The summed E-state index contributed by atoms with van der Waals surface area (Å²) in [6.45, 7) is 3.63. The number of nitrogens with two attached hydrogens (primary N) is 1. The van der Waals surface area contributed by atoms with Crippen LogP contribution in [0.3, 0.4) is 0 Å². The van der Waals surface area contributed by atoms with E-state index in [-0.39, 0.29) is 19.6 Å². The Labute approximate surface area is 177 Å². The molecule has 3 amide bonds. The van der Waals surface area contributed by atoms with E-state index in [4.69, 9.17) is 10.5 Å². The first-order valence-electron chi connectivity index (χ1n) is 10.2. The number of amides is 3. The van der Waals surface area contributed by atoms with E-state index in [1.807, 2.05) is 36.4 Å². The molecule has 0 aliphatic rings. The fourth-order valence-electron chi connectivity index (χ4n) is 2.79. The van der Waals surface area contributed by atoms with Crippen molar-refractivity contribution in [1.29, 1.82) is 0 Å². The van der Waals surface area contributed by atoms with Gasteiger partial charge in [0, 0.05) is 6.54 Å². The van der Waals surface area contributed by atoms with Crippen LogP contribution < -0.4 is 16.4 Å². The number of primary amides is 1. The lowest BCUT2D eigenvalue weighted by molar-refractivity contribution is -0.128. The van der Waals surface area contributed by atoms with E-state index in [2.05, 4.69) is 17.2 Å². The molecule has 0 fully saturated rings. The van der Waals surface area contributed by atoms with Crippen LogP contribution >= 0.6 is 0 Å². The molecule has 2 atom stereocenters. The summed E-state index contributed by atoms with van der Waals surface area (Å²) < 4.78 is 5.03. The molecule has 5 N–H and O–H groups in total. The summed E-state index contributed by atoms with van der Waals surface area (Å²) in [7, 11) is 0. The zero-order valence-corrected chi connectivity index (χ0v) is 17.3. The molecule has 0 heterocycles. The summed E-state index contributed by atoms with van der Waals surface area (Å²) in [6, 6.07) is 8.40. The highest BCUT2D eigenvalue weighted by atomic mass is 16.5. The first-order valence-corrected chi connectivity index (χ1v) is 10.2. The van der Waals surface area contributed by atoms with Crippen molar-refractivity contribution < 1.29 is 24.2 Å². The van der Waals surface area contributed by atoms with Gasteiger partial charge >= 0.3 is 6.09 Å². The standard InChI is InChI=1S/C22H33N3O5/c1-2-3-4-5-6-10-13-19(21(23)28)25-20(27)14-18(26)15-24-22(29)30-16-17-11-8-7-9-12-17/h2,7-9,11-12,18-19,26H,1,3-6,10,13-16H2,(H2,23,28)(H,24,29)(H,25,27)/t18-,19+/m1/s1. The van der Waals surface area contributed by atoms with E-state index in [9.17, 15) is 19.5 Å². The molecule has 0 aliphatic heterocycles. The van der Waals surface area contributed by atoms with Crippen LogP contribution in [0.2, 0.25) is 0 Å². The largest absolute Gasteiger partial charge is 0.445 e. The Morgan fingerprint density at radius 3 is 2.50 bits per heavy atom. The topological polar surface area (TPSA) is 131 Å². The molecule has 0 radical (unpaired) electrons. The van der Waals surface area contributed by atoms with Crippen LogP contribution in [0.4, 0.5) is 4.79 Å². The van der Waals surface area contributed by atoms with E-state index < -0.39 is 30.1 Å². The normalized spacial score (nSPS) is 12.4. The second-order valence-electron chi connectivity index (χ2n) is 7.10. The molecular weight excluding hydrogens is 386 g/mol. The van der Waals surface area contributed by atoms with E-state index >= 15 is 0 Å². The van der Waals surface area contributed by atoms with Crippen LogP contribution in [0.5, 0.6) is 0 Å². The van der Waals surface area contributed by atoms with Gasteiger partial charge in [0.05, 0.1) is 12.5 Å². The Bertz CT molecular complexity index is 666. The van der Waals surface area contributed by atoms with Crippen molar-refractivity contribution in [1.82, 2.24) is 10.6 Å². The number of aliphatic hydroxyl groups excluding tert-OH is 1. The summed E-state index contributed by atoms with van der Waals surface area (Å²) in [5, 5.41) is 14.9. The molecule has 0 saturated carbocycles. The van der Waals surface area contributed by atoms with Gasteiger partial charge in [-0.2, -0.15) is 0 Å². The number of ether oxygens (including phenoxy) is 1. The van der Waals surface area contributed by atoms with Gasteiger partial charge in [0.2, 0.25) is 11.8 Å². The van der Waals surface area contributed by atoms with Gasteiger partial charge in [0.15, 0.2) is 0 Å². The first-order chi connectivity index (χ1) is 14.4.